The number of hydrogen-bond acceptors (Lipinski definition) is 2. The Morgan fingerprint density at radius 2 is 1.57 bits per heavy atom. The van der Waals surface area contributed by atoms with Crippen LogP contribution in [0.2, 0.25) is 0 Å². The van der Waals surface area contributed by atoms with E-state index >= 15 is 0 Å². The number of hydrogen-bond donors (Lipinski definition) is 1. The lowest BCUT2D eigenvalue weighted by Gasteiger charge is -2.00. The van der Waals surface area contributed by atoms with Crippen LogP contribution in [0.1, 0.15) is 37.5 Å². The van der Waals surface area contributed by atoms with Gasteiger partial charge in [0.15, 0.2) is 0 Å². The fourth-order valence-corrected chi connectivity index (χ4v) is 1.70. The van der Waals surface area contributed by atoms with Gasteiger partial charge in [-0.1, -0.05) is 62.7 Å². The molecule has 0 radical (unpaired) electrons. The molecule has 0 bridgehead atoms. The predicted molar refractivity (Wildman–Crippen MR) is 90.8 cm³/mol. The highest BCUT2D eigenvalue weighted by Gasteiger charge is 1.90. The Kier molecular flexibility index (Phi) is 11.0. The first-order valence-electron chi connectivity index (χ1n) is 7.49. The van der Waals surface area contributed by atoms with E-state index in [-0.39, 0.29) is 6.61 Å². The summed E-state index contributed by atoms with van der Waals surface area (Å²) in [5.74, 6) is 0.944. The lowest BCUT2D eigenvalue weighted by atomic mass is 10.1. The van der Waals surface area contributed by atoms with Gasteiger partial charge in [-0.3, -0.25) is 0 Å². The monoisotopic (exact) mass is 288 g/mol. The molecule has 0 aliphatic rings. The lowest BCUT2D eigenvalue weighted by Crippen LogP contribution is -1.84. The normalized spacial score (nSPS) is 8.86. The van der Waals surface area contributed by atoms with Crippen LogP contribution in [0, 0.1) is 6.92 Å². The molecule has 0 spiro atoms. The highest BCUT2D eigenvalue weighted by Crippen LogP contribution is 2.12. The van der Waals surface area contributed by atoms with E-state index in [4.69, 9.17) is 9.84 Å². The van der Waals surface area contributed by atoms with Crippen LogP contribution in [0.25, 0.3) is 0 Å². The zero-order valence-electron chi connectivity index (χ0n) is 13.9. The minimum Gasteiger partial charge on any atom is -0.497 e. The molecule has 0 amide bonds. The van der Waals surface area contributed by atoms with Gasteiger partial charge in [-0.15, -0.1) is 0 Å². The second-order valence-corrected chi connectivity index (χ2v) is 4.35. The van der Waals surface area contributed by atoms with Gasteiger partial charge in [0.2, 0.25) is 0 Å². The Morgan fingerprint density at radius 1 is 0.952 bits per heavy atom. The molecular formula is C19H28O2. The van der Waals surface area contributed by atoms with Gasteiger partial charge in [-0.25, -0.2) is 0 Å². The first-order chi connectivity index (χ1) is 10.2. The fourth-order valence-electron chi connectivity index (χ4n) is 1.70. The van der Waals surface area contributed by atoms with Crippen LogP contribution in [0.15, 0.2) is 48.5 Å². The standard InChI is InChI=1S/C9H12O.C8H10O.C2H6/c1-3-8-5-4-6-9(7-8)10-2;1-7-3-2-4-8(5-7)6-9;1-2/h4-7H,3H2,1-2H3;2-5,9H,6H2,1H3;1-2H3. The third-order valence-electron chi connectivity index (χ3n) is 2.81. The molecule has 0 atom stereocenters. The summed E-state index contributed by atoms with van der Waals surface area (Å²) in [5.41, 5.74) is 3.50. The van der Waals surface area contributed by atoms with E-state index in [9.17, 15) is 0 Å². The van der Waals surface area contributed by atoms with Gasteiger partial charge < -0.3 is 9.84 Å². The van der Waals surface area contributed by atoms with E-state index in [2.05, 4.69) is 19.1 Å². The van der Waals surface area contributed by atoms with Crippen LogP contribution in [-0.2, 0) is 13.0 Å². The maximum absolute atomic E-state index is 8.66. The summed E-state index contributed by atoms with van der Waals surface area (Å²) >= 11 is 0. The average molecular weight is 288 g/mol. The van der Waals surface area contributed by atoms with Crippen molar-refractivity contribution < 1.29 is 9.84 Å². The van der Waals surface area contributed by atoms with Gasteiger partial charge in [-0.05, 0) is 36.6 Å². The van der Waals surface area contributed by atoms with E-state index in [1.807, 2.05) is 57.2 Å². The number of benzene rings is 2. The number of aryl methyl sites for hydroxylation is 2. The smallest absolute Gasteiger partial charge is 0.119 e. The Balaban J connectivity index is 0.000000342. The van der Waals surface area contributed by atoms with Crippen LogP contribution in [0.3, 0.4) is 0 Å². The topological polar surface area (TPSA) is 29.5 Å². The summed E-state index contributed by atoms with van der Waals surface area (Å²) in [6.07, 6.45) is 1.07. The SMILES string of the molecule is CC.CCc1cccc(OC)c1.Cc1cccc(CO)c1. The molecule has 116 valence electrons. The van der Waals surface area contributed by atoms with Crippen LogP contribution < -0.4 is 4.74 Å². The molecule has 0 aliphatic heterocycles. The second-order valence-electron chi connectivity index (χ2n) is 4.35. The van der Waals surface area contributed by atoms with Gasteiger partial charge in [0, 0.05) is 0 Å². The third-order valence-corrected chi connectivity index (χ3v) is 2.81. The molecule has 2 aromatic carbocycles. The summed E-state index contributed by atoms with van der Waals surface area (Å²) < 4.78 is 5.06. The van der Waals surface area contributed by atoms with Crippen molar-refractivity contribution in [3.8, 4) is 5.75 Å². The quantitative estimate of drug-likeness (QED) is 0.881. The first-order valence-corrected chi connectivity index (χ1v) is 7.49. The van der Waals surface area contributed by atoms with E-state index in [0.717, 1.165) is 17.7 Å². The van der Waals surface area contributed by atoms with Crippen molar-refractivity contribution in [2.45, 2.75) is 40.7 Å². The third kappa shape index (κ3) is 8.16. The summed E-state index contributed by atoms with van der Waals surface area (Å²) in [6, 6.07) is 16.0. The molecular weight excluding hydrogens is 260 g/mol. The van der Waals surface area contributed by atoms with Crippen LogP contribution >= 0.6 is 0 Å². The summed E-state index contributed by atoms with van der Waals surface area (Å²) in [5, 5.41) is 8.66. The van der Waals surface area contributed by atoms with E-state index < -0.39 is 0 Å². The van der Waals surface area contributed by atoms with Gasteiger partial charge in [0.25, 0.3) is 0 Å². The Labute approximate surface area is 129 Å². The summed E-state index contributed by atoms with van der Waals surface area (Å²) in [4.78, 5) is 0. The Hall–Kier alpha value is -1.80. The molecule has 2 aromatic rings. The summed E-state index contributed by atoms with van der Waals surface area (Å²) in [7, 11) is 1.69. The zero-order chi connectivity index (χ0) is 16.1. The maximum Gasteiger partial charge on any atom is 0.119 e. The first kappa shape index (κ1) is 19.2. The van der Waals surface area contributed by atoms with E-state index in [0.29, 0.717) is 0 Å². The maximum atomic E-state index is 8.66. The van der Waals surface area contributed by atoms with Crippen molar-refractivity contribution in [2.75, 3.05) is 7.11 Å². The van der Waals surface area contributed by atoms with Gasteiger partial charge >= 0.3 is 0 Å². The van der Waals surface area contributed by atoms with Crippen molar-refractivity contribution in [1.29, 1.82) is 0 Å². The number of ether oxygens (including phenoxy) is 1. The molecule has 0 saturated heterocycles. The molecule has 0 aliphatic carbocycles. The van der Waals surface area contributed by atoms with Gasteiger partial charge in [0.1, 0.15) is 5.75 Å². The van der Waals surface area contributed by atoms with Crippen molar-refractivity contribution in [1.82, 2.24) is 0 Å². The van der Waals surface area contributed by atoms with Crippen molar-refractivity contribution in [2.24, 2.45) is 0 Å². The molecule has 2 heteroatoms. The predicted octanol–water partition coefficient (Wildman–Crippen LogP) is 4.77. The molecule has 0 unspecified atom stereocenters. The minimum atomic E-state index is 0.141. The lowest BCUT2D eigenvalue weighted by molar-refractivity contribution is 0.282. The molecule has 2 nitrogen and oxygen atoms in total. The minimum absolute atomic E-state index is 0.141. The molecule has 0 fully saturated rings. The summed E-state index contributed by atoms with van der Waals surface area (Å²) in [6.45, 7) is 8.29. The number of aliphatic hydroxyl groups excluding tert-OH is 1. The Bertz CT molecular complexity index is 473. The van der Waals surface area contributed by atoms with Gasteiger partial charge in [-0.2, -0.15) is 0 Å². The van der Waals surface area contributed by atoms with Crippen LogP contribution in [-0.4, -0.2) is 12.2 Å². The largest absolute Gasteiger partial charge is 0.497 e. The second kappa shape index (κ2) is 12.0. The van der Waals surface area contributed by atoms with Crippen molar-refractivity contribution >= 4 is 0 Å². The van der Waals surface area contributed by atoms with Crippen molar-refractivity contribution in [3.63, 3.8) is 0 Å². The number of rotatable bonds is 3. The average Bonchev–Trinajstić information content (AvgIpc) is 2.57. The molecule has 2 rings (SSSR count). The highest BCUT2D eigenvalue weighted by atomic mass is 16.5. The van der Waals surface area contributed by atoms with E-state index in [1.165, 1.54) is 11.1 Å². The fraction of sp³-hybridized carbons (Fsp3) is 0.368. The zero-order valence-corrected chi connectivity index (χ0v) is 13.9. The molecule has 0 saturated carbocycles. The van der Waals surface area contributed by atoms with Crippen LogP contribution in [0.4, 0.5) is 0 Å². The number of methoxy groups -OCH3 is 1. The highest BCUT2D eigenvalue weighted by molar-refractivity contribution is 5.28. The Morgan fingerprint density at radius 3 is 2.05 bits per heavy atom. The number of aliphatic hydroxyl groups is 1. The molecule has 0 aromatic heterocycles. The molecule has 21 heavy (non-hydrogen) atoms. The molecule has 0 heterocycles. The van der Waals surface area contributed by atoms with Crippen molar-refractivity contribution in [3.05, 3.63) is 65.2 Å². The molecule has 1 N–H and O–H groups in total. The van der Waals surface area contributed by atoms with Gasteiger partial charge in [0.05, 0.1) is 13.7 Å². The van der Waals surface area contributed by atoms with Crippen LogP contribution in [0.5, 0.6) is 5.75 Å². The van der Waals surface area contributed by atoms with E-state index in [1.54, 1.807) is 7.11 Å².